The van der Waals surface area contributed by atoms with Crippen LogP contribution in [0, 0.1) is 6.92 Å². The minimum absolute atomic E-state index is 0.254. The highest BCUT2D eigenvalue weighted by molar-refractivity contribution is 5.92. The summed E-state index contributed by atoms with van der Waals surface area (Å²) < 4.78 is 10.8. The highest BCUT2D eigenvalue weighted by atomic mass is 16.5. The third-order valence-electron chi connectivity index (χ3n) is 4.33. The smallest absolute Gasteiger partial charge is 0.272 e. The molecule has 3 aromatic rings. The zero-order valence-electron chi connectivity index (χ0n) is 16.5. The summed E-state index contributed by atoms with van der Waals surface area (Å²) in [5.74, 6) is 1.88. The predicted octanol–water partition coefficient (Wildman–Crippen LogP) is 3.21. The van der Waals surface area contributed by atoms with Crippen LogP contribution in [-0.4, -0.2) is 36.4 Å². The van der Waals surface area contributed by atoms with Crippen LogP contribution in [0.1, 0.15) is 21.6 Å². The number of amides is 1. The van der Waals surface area contributed by atoms with E-state index in [0.29, 0.717) is 25.5 Å². The van der Waals surface area contributed by atoms with Gasteiger partial charge in [0.15, 0.2) is 5.69 Å². The second-order valence-electron chi connectivity index (χ2n) is 6.36. The number of hydrogen-bond donors (Lipinski definition) is 2. The molecule has 7 heteroatoms. The van der Waals surface area contributed by atoms with Gasteiger partial charge in [-0.1, -0.05) is 24.3 Å². The number of methoxy groups -OCH3 is 1. The Hall–Kier alpha value is -3.61. The maximum atomic E-state index is 12.2. The average Bonchev–Trinajstić information content (AvgIpc) is 2.77. The number of carbonyl (C=O) groups is 1. The van der Waals surface area contributed by atoms with Gasteiger partial charge in [-0.15, -0.1) is 10.2 Å². The van der Waals surface area contributed by atoms with Crippen molar-refractivity contribution < 1.29 is 14.3 Å². The van der Waals surface area contributed by atoms with Crippen LogP contribution in [0.15, 0.2) is 60.7 Å². The van der Waals surface area contributed by atoms with E-state index >= 15 is 0 Å². The number of hydrogen-bond acceptors (Lipinski definition) is 6. The number of aromatic nitrogens is 2. The van der Waals surface area contributed by atoms with E-state index < -0.39 is 0 Å². The number of carbonyl (C=O) groups excluding carboxylic acids is 1. The Morgan fingerprint density at radius 2 is 1.72 bits per heavy atom. The van der Waals surface area contributed by atoms with Crippen LogP contribution in [0.25, 0.3) is 0 Å². The molecule has 0 radical (unpaired) electrons. The first-order valence-corrected chi connectivity index (χ1v) is 9.33. The molecule has 7 nitrogen and oxygen atoms in total. The maximum Gasteiger partial charge on any atom is 0.272 e. The summed E-state index contributed by atoms with van der Waals surface area (Å²) in [6.45, 7) is 3.49. The van der Waals surface area contributed by atoms with Crippen LogP contribution in [0.4, 0.5) is 5.82 Å². The van der Waals surface area contributed by atoms with Gasteiger partial charge >= 0.3 is 0 Å². The Labute approximate surface area is 170 Å². The molecule has 0 aliphatic rings. The number of rotatable bonds is 9. The molecule has 0 atom stereocenters. The molecule has 0 spiro atoms. The van der Waals surface area contributed by atoms with Gasteiger partial charge in [-0.3, -0.25) is 4.79 Å². The van der Waals surface area contributed by atoms with Crippen molar-refractivity contribution in [1.29, 1.82) is 0 Å². The zero-order chi connectivity index (χ0) is 20.5. The van der Waals surface area contributed by atoms with E-state index in [0.717, 1.165) is 22.6 Å². The number of anilines is 1. The largest absolute Gasteiger partial charge is 0.497 e. The van der Waals surface area contributed by atoms with Gasteiger partial charge in [0, 0.05) is 6.54 Å². The second-order valence-corrected chi connectivity index (χ2v) is 6.36. The fourth-order valence-corrected chi connectivity index (χ4v) is 2.64. The van der Waals surface area contributed by atoms with Gasteiger partial charge in [-0.25, -0.2) is 0 Å². The van der Waals surface area contributed by atoms with Gasteiger partial charge in [0.1, 0.15) is 23.9 Å². The maximum absolute atomic E-state index is 12.2. The zero-order valence-corrected chi connectivity index (χ0v) is 16.5. The molecule has 0 aliphatic carbocycles. The van der Waals surface area contributed by atoms with Crippen molar-refractivity contribution in [2.75, 3.05) is 25.6 Å². The van der Waals surface area contributed by atoms with Crippen LogP contribution in [0.5, 0.6) is 11.5 Å². The molecule has 1 aromatic heterocycles. The summed E-state index contributed by atoms with van der Waals surface area (Å²) >= 11 is 0. The van der Waals surface area contributed by atoms with Crippen molar-refractivity contribution in [3.05, 3.63) is 77.5 Å². The van der Waals surface area contributed by atoms with Gasteiger partial charge in [-0.2, -0.15) is 0 Å². The lowest BCUT2D eigenvalue weighted by Crippen LogP contribution is -2.24. The first kappa shape index (κ1) is 20.1. The van der Waals surface area contributed by atoms with Crippen molar-refractivity contribution in [3.8, 4) is 11.5 Å². The minimum Gasteiger partial charge on any atom is -0.497 e. The first-order valence-electron chi connectivity index (χ1n) is 9.33. The molecule has 29 heavy (non-hydrogen) atoms. The molecule has 2 N–H and O–H groups in total. The first-order chi connectivity index (χ1) is 14.2. The number of nitrogens with one attached hydrogen (secondary N) is 2. The van der Waals surface area contributed by atoms with E-state index in [4.69, 9.17) is 9.47 Å². The summed E-state index contributed by atoms with van der Waals surface area (Å²) in [5.41, 5.74) is 2.48. The molecule has 0 saturated heterocycles. The van der Waals surface area contributed by atoms with E-state index in [1.807, 2.05) is 55.5 Å². The monoisotopic (exact) mass is 392 g/mol. The number of ether oxygens (including phenoxy) is 2. The van der Waals surface area contributed by atoms with Crippen molar-refractivity contribution in [3.63, 3.8) is 0 Å². The number of benzene rings is 2. The fraction of sp³-hybridized carbons (Fsp3) is 0.227. The number of aryl methyl sites for hydroxylation is 1. The van der Waals surface area contributed by atoms with Crippen molar-refractivity contribution in [2.24, 2.45) is 0 Å². The second kappa shape index (κ2) is 10.1. The summed E-state index contributed by atoms with van der Waals surface area (Å²) in [6.07, 6.45) is 0. The average molecular weight is 392 g/mol. The van der Waals surface area contributed by atoms with Crippen molar-refractivity contribution in [1.82, 2.24) is 15.5 Å². The van der Waals surface area contributed by atoms with Crippen LogP contribution in [0.2, 0.25) is 0 Å². The topological polar surface area (TPSA) is 85.4 Å². The van der Waals surface area contributed by atoms with Crippen LogP contribution in [-0.2, 0) is 6.54 Å². The molecule has 0 saturated carbocycles. The minimum atomic E-state index is -0.254. The number of nitrogens with zero attached hydrogens (tertiary/aromatic N) is 2. The Balaban J connectivity index is 1.42. The molecule has 0 aliphatic heterocycles. The molecule has 150 valence electrons. The van der Waals surface area contributed by atoms with Gasteiger partial charge in [0.05, 0.1) is 13.7 Å². The van der Waals surface area contributed by atoms with Gasteiger partial charge in [0.2, 0.25) is 0 Å². The lowest BCUT2D eigenvalue weighted by atomic mass is 10.1. The predicted molar refractivity (Wildman–Crippen MR) is 111 cm³/mol. The third kappa shape index (κ3) is 5.93. The van der Waals surface area contributed by atoms with E-state index in [1.54, 1.807) is 19.2 Å². The standard InChI is InChI=1S/C22H24N4O3/c1-16-5-3-4-6-17(16)15-24-22(27)20-11-12-21(26-25-20)23-13-14-29-19-9-7-18(28-2)8-10-19/h3-12H,13-15H2,1-2H3,(H,23,26)(H,24,27). The molecule has 0 fully saturated rings. The lowest BCUT2D eigenvalue weighted by molar-refractivity contribution is 0.0945. The van der Waals surface area contributed by atoms with Gasteiger partial charge < -0.3 is 20.1 Å². The molecule has 3 rings (SSSR count). The van der Waals surface area contributed by atoms with E-state index in [1.165, 1.54) is 0 Å². The summed E-state index contributed by atoms with van der Waals surface area (Å²) in [7, 11) is 1.62. The molecule has 2 aromatic carbocycles. The Bertz CT molecular complexity index is 928. The normalized spacial score (nSPS) is 10.3. The fourth-order valence-electron chi connectivity index (χ4n) is 2.64. The molecule has 1 heterocycles. The quantitative estimate of drug-likeness (QED) is 0.544. The van der Waals surface area contributed by atoms with Crippen LogP contribution < -0.4 is 20.1 Å². The van der Waals surface area contributed by atoms with Crippen molar-refractivity contribution >= 4 is 11.7 Å². The summed E-state index contributed by atoms with van der Waals surface area (Å²) in [5, 5.41) is 14.0. The summed E-state index contributed by atoms with van der Waals surface area (Å²) in [4.78, 5) is 12.2. The Kier molecular flexibility index (Phi) is 7.00. The highest BCUT2D eigenvalue weighted by Gasteiger charge is 2.08. The molecule has 0 bridgehead atoms. The molecule has 0 unspecified atom stereocenters. The lowest BCUT2D eigenvalue weighted by Gasteiger charge is -2.09. The van der Waals surface area contributed by atoms with Gasteiger partial charge in [0.25, 0.3) is 5.91 Å². The SMILES string of the molecule is COc1ccc(OCCNc2ccc(C(=O)NCc3ccccc3C)nn2)cc1. The van der Waals surface area contributed by atoms with E-state index in [2.05, 4.69) is 20.8 Å². The van der Waals surface area contributed by atoms with E-state index in [9.17, 15) is 4.79 Å². The van der Waals surface area contributed by atoms with Crippen molar-refractivity contribution in [2.45, 2.75) is 13.5 Å². The van der Waals surface area contributed by atoms with Crippen LogP contribution >= 0.6 is 0 Å². The molecule has 1 amide bonds. The van der Waals surface area contributed by atoms with E-state index in [-0.39, 0.29) is 11.6 Å². The third-order valence-corrected chi connectivity index (χ3v) is 4.33. The Morgan fingerprint density at radius 3 is 2.41 bits per heavy atom. The molecular weight excluding hydrogens is 368 g/mol. The Morgan fingerprint density at radius 1 is 0.966 bits per heavy atom. The molecular formula is C22H24N4O3. The van der Waals surface area contributed by atoms with Gasteiger partial charge in [-0.05, 0) is 54.4 Å². The van der Waals surface area contributed by atoms with Crippen LogP contribution in [0.3, 0.4) is 0 Å². The highest BCUT2D eigenvalue weighted by Crippen LogP contribution is 2.16. The summed E-state index contributed by atoms with van der Waals surface area (Å²) in [6, 6.07) is 18.7.